The average molecular weight is 342 g/mol. The number of amides is 1. The number of nitrogens with two attached hydrogens (primary N) is 1. The molecule has 0 saturated heterocycles. The van der Waals surface area contributed by atoms with Gasteiger partial charge in [-0.25, -0.2) is 0 Å². The van der Waals surface area contributed by atoms with Crippen molar-refractivity contribution in [3.8, 4) is 0 Å². The van der Waals surface area contributed by atoms with Gasteiger partial charge in [0.2, 0.25) is 5.91 Å². The van der Waals surface area contributed by atoms with E-state index in [0.717, 1.165) is 0 Å². The number of ketones is 3. The number of hydrogen-bond donors (Lipinski definition) is 1. The number of rotatable bonds is 4. The largest absolute Gasteiger partial charge is 0.369 e. The van der Waals surface area contributed by atoms with E-state index in [1.54, 1.807) is 0 Å². The predicted octanol–water partition coefficient (Wildman–Crippen LogP) is 2.14. The van der Waals surface area contributed by atoms with E-state index in [1.165, 1.54) is 12.1 Å². The van der Waals surface area contributed by atoms with Crippen molar-refractivity contribution in [1.82, 2.24) is 0 Å². The lowest BCUT2D eigenvalue weighted by molar-refractivity contribution is -0.133. The van der Waals surface area contributed by atoms with E-state index in [2.05, 4.69) is 0 Å². The Hall–Kier alpha value is -1.72. The molecule has 0 aromatic heterocycles. The van der Waals surface area contributed by atoms with Gasteiger partial charge in [0.05, 0.1) is 11.4 Å². The van der Waals surface area contributed by atoms with Crippen LogP contribution in [0.5, 0.6) is 0 Å². The van der Waals surface area contributed by atoms with Gasteiger partial charge in [0.1, 0.15) is 5.92 Å². The van der Waals surface area contributed by atoms with Gasteiger partial charge in [-0.15, -0.1) is 0 Å². The molecule has 7 heteroatoms. The molecule has 2 rings (SSSR count). The molecule has 0 heterocycles. The van der Waals surface area contributed by atoms with Crippen LogP contribution in [0.1, 0.15) is 35.2 Å². The summed E-state index contributed by atoms with van der Waals surface area (Å²) in [5.41, 5.74) is 5.36. The summed E-state index contributed by atoms with van der Waals surface area (Å²) < 4.78 is 0. The molecule has 1 amide bonds. The molecule has 1 aromatic rings. The van der Waals surface area contributed by atoms with Crippen LogP contribution in [0.15, 0.2) is 12.1 Å². The highest BCUT2D eigenvalue weighted by Crippen LogP contribution is 2.32. The summed E-state index contributed by atoms with van der Waals surface area (Å²) in [6.07, 6.45) is 0.622. The first-order chi connectivity index (χ1) is 10.3. The second kappa shape index (κ2) is 6.58. The third kappa shape index (κ3) is 3.20. The van der Waals surface area contributed by atoms with E-state index >= 15 is 0 Å². The van der Waals surface area contributed by atoms with Crippen molar-refractivity contribution in [2.45, 2.75) is 25.7 Å². The second-order valence-corrected chi connectivity index (χ2v) is 5.90. The molecule has 0 unspecified atom stereocenters. The fourth-order valence-corrected chi connectivity index (χ4v) is 3.07. The maximum atomic E-state index is 12.5. The highest BCUT2D eigenvalue weighted by Gasteiger charge is 2.37. The van der Waals surface area contributed by atoms with Crippen LogP contribution in [0.4, 0.5) is 0 Å². The van der Waals surface area contributed by atoms with Gasteiger partial charge >= 0.3 is 0 Å². The van der Waals surface area contributed by atoms with Gasteiger partial charge < -0.3 is 5.73 Å². The van der Waals surface area contributed by atoms with Gasteiger partial charge in [-0.05, 0) is 24.1 Å². The summed E-state index contributed by atoms with van der Waals surface area (Å²) in [6, 6.07) is 2.75. The molecule has 0 atom stereocenters. The van der Waals surface area contributed by atoms with Crippen LogP contribution in [0, 0.1) is 5.92 Å². The number of benzene rings is 1. The molecule has 0 bridgehead atoms. The van der Waals surface area contributed by atoms with Gasteiger partial charge in [0, 0.05) is 23.4 Å². The van der Waals surface area contributed by atoms with E-state index in [9.17, 15) is 19.2 Å². The number of primary amides is 1. The van der Waals surface area contributed by atoms with Gasteiger partial charge in [-0.3, -0.25) is 19.2 Å². The number of halogens is 2. The van der Waals surface area contributed by atoms with Crippen molar-refractivity contribution in [1.29, 1.82) is 0 Å². The third-order valence-electron chi connectivity index (χ3n) is 3.55. The van der Waals surface area contributed by atoms with E-state index in [1.807, 2.05) is 0 Å². The highest BCUT2D eigenvalue weighted by atomic mass is 35.5. The summed E-state index contributed by atoms with van der Waals surface area (Å²) in [5, 5.41) is 0.157. The molecule has 0 radical (unpaired) electrons. The first kappa shape index (κ1) is 16.6. The SMILES string of the molecule is NC(=O)Cc1c(Cl)ccc(C(=O)C2C(=O)CCCC2=O)c1Cl. The Morgan fingerprint density at radius 3 is 2.27 bits per heavy atom. The van der Waals surface area contributed by atoms with Crippen molar-refractivity contribution in [3.05, 3.63) is 33.3 Å². The molecule has 22 heavy (non-hydrogen) atoms. The molecular weight excluding hydrogens is 329 g/mol. The molecular formula is C15H13Cl2NO4. The monoisotopic (exact) mass is 341 g/mol. The lowest BCUT2D eigenvalue weighted by atomic mass is 9.81. The lowest BCUT2D eigenvalue weighted by Crippen LogP contribution is -2.35. The normalized spacial score (nSPS) is 15.9. The zero-order valence-electron chi connectivity index (χ0n) is 11.5. The van der Waals surface area contributed by atoms with Gasteiger partial charge in [0.25, 0.3) is 0 Å². The van der Waals surface area contributed by atoms with Crippen molar-refractivity contribution >= 4 is 46.5 Å². The Labute approximate surface area is 136 Å². The third-order valence-corrected chi connectivity index (χ3v) is 4.34. The summed E-state index contributed by atoms with van der Waals surface area (Å²) in [6.45, 7) is 0. The van der Waals surface area contributed by atoms with Crippen LogP contribution in [-0.2, 0) is 20.8 Å². The lowest BCUT2D eigenvalue weighted by Gasteiger charge is -2.19. The highest BCUT2D eigenvalue weighted by molar-refractivity contribution is 6.39. The molecule has 116 valence electrons. The zero-order valence-corrected chi connectivity index (χ0v) is 13.0. The number of hydrogen-bond acceptors (Lipinski definition) is 4. The van der Waals surface area contributed by atoms with Crippen molar-refractivity contribution in [2.24, 2.45) is 11.7 Å². The molecule has 1 aromatic carbocycles. The fraction of sp³-hybridized carbons (Fsp3) is 0.333. The van der Waals surface area contributed by atoms with Gasteiger partial charge in [0.15, 0.2) is 17.3 Å². The van der Waals surface area contributed by atoms with E-state index in [4.69, 9.17) is 28.9 Å². The maximum absolute atomic E-state index is 12.5. The van der Waals surface area contributed by atoms with Gasteiger partial charge in [-0.2, -0.15) is 0 Å². The minimum Gasteiger partial charge on any atom is -0.369 e. The number of Topliss-reactive ketones (excluding diaryl/α,β-unsaturated/α-hetero) is 3. The standard InChI is InChI=1S/C15H13Cl2NO4/c16-9-5-4-7(14(17)8(9)6-12(18)21)15(22)13-10(19)2-1-3-11(13)20/h4-5,13H,1-3,6H2,(H2,18,21). The number of carbonyl (C=O) groups is 4. The topological polar surface area (TPSA) is 94.3 Å². The van der Waals surface area contributed by atoms with Crippen LogP contribution < -0.4 is 5.73 Å². The van der Waals surface area contributed by atoms with Crippen LogP contribution in [-0.4, -0.2) is 23.3 Å². The quantitative estimate of drug-likeness (QED) is 0.670. The Bertz CT molecular complexity index is 668. The zero-order chi connectivity index (χ0) is 16.4. The first-order valence-corrected chi connectivity index (χ1v) is 7.43. The molecule has 0 aliphatic heterocycles. The summed E-state index contributed by atoms with van der Waals surface area (Å²) in [4.78, 5) is 47.3. The Kier molecular flexibility index (Phi) is 4.98. The van der Waals surface area contributed by atoms with Crippen LogP contribution in [0.2, 0.25) is 10.0 Å². The van der Waals surface area contributed by atoms with Crippen molar-refractivity contribution in [2.75, 3.05) is 0 Å². The molecule has 5 nitrogen and oxygen atoms in total. The van der Waals surface area contributed by atoms with E-state index in [-0.39, 0.29) is 40.4 Å². The summed E-state index contributed by atoms with van der Waals surface area (Å²) >= 11 is 12.1. The summed E-state index contributed by atoms with van der Waals surface area (Å²) in [5.74, 6) is -3.42. The van der Waals surface area contributed by atoms with Crippen LogP contribution >= 0.6 is 23.2 Å². The number of carbonyl (C=O) groups excluding carboxylic acids is 4. The van der Waals surface area contributed by atoms with Crippen LogP contribution in [0.25, 0.3) is 0 Å². The molecule has 1 aliphatic rings. The minimum absolute atomic E-state index is 0.0101. The molecule has 1 fully saturated rings. The van der Waals surface area contributed by atoms with Crippen LogP contribution in [0.3, 0.4) is 0 Å². The predicted molar refractivity (Wildman–Crippen MR) is 81.0 cm³/mol. The van der Waals surface area contributed by atoms with E-state index in [0.29, 0.717) is 6.42 Å². The maximum Gasteiger partial charge on any atom is 0.221 e. The fourth-order valence-electron chi connectivity index (χ4n) is 2.48. The Morgan fingerprint density at radius 2 is 1.73 bits per heavy atom. The minimum atomic E-state index is -1.31. The second-order valence-electron chi connectivity index (χ2n) is 5.11. The smallest absolute Gasteiger partial charge is 0.221 e. The Balaban J connectivity index is 2.44. The summed E-state index contributed by atoms with van der Waals surface area (Å²) in [7, 11) is 0. The molecule has 2 N–H and O–H groups in total. The van der Waals surface area contributed by atoms with Gasteiger partial charge in [-0.1, -0.05) is 23.2 Å². The van der Waals surface area contributed by atoms with Crippen molar-refractivity contribution in [3.63, 3.8) is 0 Å². The Morgan fingerprint density at radius 1 is 1.14 bits per heavy atom. The van der Waals surface area contributed by atoms with Crippen molar-refractivity contribution < 1.29 is 19.2 Å². The molecule has 1 saturated carbocycles. The molecule has 0 spiro atoms. The first-order valence-electron chi connectivity index (χ1n) is 6.67. The molecule has 1 aliphatic carbocycles. The van der Waals surface area contributed by atoms with E-state index < -0.39 is 29.2 Å². The average Bonchev–Trinajstić information content (AvgIpc) is 2.43.